The minimum Gasteiger partial charge on any atom is -0.354 e. The molecular weight excluding hydrogens is 530 g/mol. The molecule has 41 heavy (non-hydrogen) atoms. The van der Waals surface area contributed by atoms with Crippen molar-refractivity contribution >= 4 is 32.5 Å². The zero-order valence-electron chi connectivity index (χ0n) is 23.2. The van der Waals surface area contributed by atoms with Crippen LogP contribution < -0.4 is 10.0 Å². The molecule has 0 aliphatic rings. The van der Waals surface area contributed by atoms with Crippen LogP contribution in [0.4, 0.5) is 5.69 Å². The SMILES string of the molecule is CCCCCc1ccc(S(=O)(=O)NCCc2c(-c3ccc(C(=O)Nc4ccccc4)cc3)[nH]c3ccccc23)cc1. The first-order chi connectivity index (χ1) is 19.9. The summed E-state index contributed by atoms with van der Waals surface area (Å²) in [6.45, 7) is 2.43. The summed E-state index contributed by atoms with van der Waals surface area (Å²) in [4.78, 5) is 16.5. The molecular formula is C34H35N3O3S. The predicted molar refractivity (Wildman–Crippen MR) is 167 cm³/mol. The Balaban J connectivity index is 1.30. The number of aryl methyl sites for hydroxylation is 1. The number of amides is 1. The second kappa shape index (κ2) is 13.0. The number of rotatable bonds is 12. The van der Waals surface area contributed by atoms with Crippen molar-refractivity contribution in [2.24, 2.45) is 0 Å². The molecule has 0 spiro atoms. The van der Waals surface area contributed by atoms with Crippen molar-refractivity contribution < 1.29 is 13.2 Å². The van der Waals surface area contributed by atoms with E-state index in [-0.39, 0.29) is 17.3 Å². The quantitative estimate of drug-likeness (QED) is 0.138. The monoisotopic (exact) mass is 565 g/mol. The predicted octanol–water partition coefficient (Wildman–Crippen LogP) is 7.34. The van der Waals surface area contributed by atoms with Crippen LogP contribution in [-0.2, 0) is 22.9 Å². The van der Waals surface area contributed by atoms with Crippen molar-refractivity contribution in [1.29, 1.82) is 0 Å². The zero-order valence-corrected chi connectivity index (χ0v) is 24.0. The van der Waals surface area contributed by atoms with Gasteiger partial charge in [0.2, 0.25) is 10.0 Å². The highest BCUT2D eigenvalue weighted by Gasteiger charge is 2.17. The largest absolute Gasteiger partial charge is 0.354 e. The summed E-state index contributed by atoms with van der Waals surface area (Å²) < 4.78 is 28.8. The fourth-order valence-corrected chi connectivity index (χ4v) is 6.06. The first kappa shape index (κ1) is 28.3. The summed E-state index contributed by atoms with van der Waals surface area (Å²) in [5.41, 5.74) is 6.29. The number of aromatic amines is 1. The van der Waals surface area contributed by atoms with Gasteiger partial charge in [0.05, 0.1) is 4.90 Å². The lowest BCUT2D eigenvalue weighted by Gasteiger charge is -2.10. The lowest BCUT2D eigenvalue weighted by atomic mass is 10.0. The molecule has 0 atom stereocenters. The van der Waals surface area contributed by atoms with Gasteiger partial charge in [-0.25, -0.2) is 13.1 Å². The summed E-state index contributed by atoms with van der Waals surface area (Å²) in [6, 6.07) is 32.0. The Morgan fingerprint density at radius 1 is 0.780 bits per heavy atom. The molecule has 5 aromatic rings. The van der Waals surface area contributed by atoms with E-state index in [4.69, 9.17) is 0 Å². The molecule has 1 heterocycles. The van der Waals surface area contributed by atoms with Crippen LogP contribution in [0.5, 0.6) is 0 Å². The number of hydrogen-bond acceptors (Lipinski definition) is 3. The minimum atomic E-state index is -3.63. The maximum absolute atomic E-state index is 13.0. The summed E-state index contributed by atoms with van der Waals surface area (Å²) >= 11 is 0. The van der Waals surface area contributed by atoms with Gasteiger partial charge in [-0.1, -0.05) is 80.4 Å². The molecule has 4 aromatic carbocycles. The molecule has 0 saturated carbocycles. The highest BCUT2D eigenvalue weighted by atomic mass is 32.2. The Labute approximate surface area is 241 Å². The standard InChI is InChI=1S/C34H35N3O3S/c1-2-3-5-10-25-15-21-29(22-16-25)41(39,40)35-24-23-31-30-13-8-9-14-32(30)37-33(31)26-17-19-27(20-18-26)34(38)36-28-11-6-4-7-12-28/h4,6-9,11-22,35,37H,2-3,5,10,23-24H2,1H3,(H,36,38). The lowest BCUT2D eigenvalue weighted by molar-refractivity contribution is 0.102. The molecule has 0 radical (unpaired) electrons. The Hall–Kier alpha value is -4.20. The molecule has 0 unspecified atom stereocenters. The average Bonchev–Trinajstić information content (AvgIpc) is 3.36. The van der Waals surface area contributed by atoms with E-state index in [1.807, 2.05) is 78.9 Å². The second-order valence-electron chi connectivity index (χ2n) is 10.2. The summed E-state index contributed by atoms with van der Waals surface area (Å²) in [7, 11) is -3.63. The van der Waals surface area contributed by atoms with E-state index in [1.54, 1.807) is 24.3 Å². The Kier molecular flexibility index (Phi) is 8.97. The van der Waals surface area contributed by atoms with Crippen LogP contribution in [0.25, 0.3) is 22.2 Å². The van der Waals surface area contributed by atoms with Gasteiger partial charge < -0.3 is 10.3 Å². The Morgan fingerprint density at radius 2 is 1.49 bits per heavy atom. The topological polar surface area (TPSA) is 91.1 Å². The van der Waals surface area contributed by atoms with Gasteiger partial charge in [0.1, 0.15) is 0 Å². The first-order valence-electron chi connectivity index (χ1n) is 14.1. The van der Waals surface area contributed by atoms with E-state index in [2.05, 4.69) is 21.9 Å². The summed E-state index contributed by atoms with van der Waals surface area (Å²) in [5.74, 6) is -0.178. The van der Waals surface area contributed by atoms with E-state index >= 15 is 0 Å². The van der Waals surface area contributed by atoms with Gasteiger partial charge in [-0.2, -0.15) is 0 Å². The van der Waals surface area contributed by atoms with Gasteiger partial charge in [-0.3, -0.25) is 4.79 Å². The van der Waals surface area contributed by atoms with Crippen molar-refractivity contribution in [3.63, 3.8) is 0 Å². The molecule has 0 bridgehead atoms. The fraction of sp³-hybridized carbons (Fsp3) is 0.206. The fourth-order valence-electron chi connectivity index (χ4n) is 5.03. The number of nitrogens with one attached hydrogen (secondary N) is 3. The van der Waals surface area contributed by atoms with Crippen LogP contribution >= 0.6 is 0 Å². The molecule has 0 saturated heterocycles. The molecule has 210 valence electrons. The molecule has 0 aliphatic carbocycles. The molecule has 6 nitrogen and oxygen atoms in total. The zero-order chi connectivity index (χ0) is 28.7. The molecule has 0 fully saturated rings. The number of anilines is 1. The maximum atomic E-state index is 13.0. The van der Waals surface area contributed by atoms with E-state index in [1.165, 1.54) is 6.42 Å². The second-order valence-corrected chi connectivity index (χ2v) is 11.9. The highest BCUT2D eigenvalue weighted by molar-refractivity contribution is 7.89. The third-order valence-electron chi connectivity index (χ3n) is 7.25. The van der Waals surface area contributed by atoms with Crippen molar-refractivity contribution in [1.82, 2.24) is 9.71 Å². The number of carbonyl (C=O) groups is 1. The Bertz CT molecular complexity index is 1710. The van der Waals surface area contributed by atoms with Crippen LogP contribution in [0.3, 0.4) is 0 Å². The molecule has 1 aromatic heterocycles. The van der Waals surface area contributed by atoms with E-state index in [0.717, 1.165) is 58.2 Å². The van der Waals surface area contributed by atoms with Gasteiger partial charge >= 0.3 is 0 Å². The Morgan fingerprint density at radius 3 is 2.22 bits per heavy atom. The third kappa shape index (κ3) is 6.93. The number of para-hydroxylation sites is 2. The number of fused-ring (bicyclic) bond motifs is 1. The van der Waals surface area contributed by atoms with Crippen LogP contribution in [0.2, 0.25) is 0 Å². The average molecular weight is 566 g/mol. The molecule has 7 heteroatoms. The smallest absolute Gasteiger partial charge is 0.255 e. The summed E-state index contributed by atoms with van der Waals surface area (Å²) in [6.07, 6.45) is 4.90. The van der Waals surface area contributed by atoms with E-state index in [0.29, 0.717) is 12.0 Å². The van der Waals surface area contributed by atoms with Gasteiger partial charge in [-0.15, -0.1) is 0 Å². The van der Waals surface area contributed by atoms with E-state index in [9.17, 15) is 13.2 Å². The van der Waals surface area contributed by atoms with Crippen LogP contribution in [0, 0.1) is 0 Å². The van der Waals surface area contributed by atoms with Gasteiger partial charge in [0, 0.05) is 34.4 Å². The first-order valence-corrected chi connectivity index (χ1v) is 15.6. The number of aromatic nitrogens is 1. The number of carbonyl (C=O) groups excluding carboxylic acids is 1. The number of unbranched alkanes of at least 4 members (excludes halogenated alkanes) is 2. The van der Waals surface area contributed by atoms with Gasteiger partial charge in [0.15, 0.2) is 0 Å². The van der Waals surface area contributed by atoms with Crippen LogP contribution in [0.15, 0.2) is 108 Å². The van der Waals surface area contributed by atoms with Crippen molar-refractivity contribution in [2.45, 2.75) is 43.9 Å². The number of sulfonamides is 1. The van der Waals surface area contributed by atoms with Crippen molar-refractivity contribution in [2.75, 3.05) is 11.9 Å². The molecule has 3 N–H and O–H groups in total. The molecule has 5 rings (SSSR count). The highest BCUT2D eigenvalue weighted by Crippen LogP contribution is 2.31. The van der Waals surface area contributed by atoms with Crippen LogP contribution in [0.1, 0.15) is 47.7 Å². The third-order valence-corrected chi connectivity index (χ3v) is 8.73. The number of H-pyrrole nitrogens is 1. The van der Waals surface area contributed by atoms with Crippen molar-refractivity contribution in [3.05, 3.63) is 120 Å². The van der Waals surface area contributed by atoms with E-state index < -0.39 is 10.0 Å². The normalized spacial score (nSPS) is 11.5. The maximum Gasteiger partial charge on any atom is 0.255 e. The molecule has 0 aliphatic heterocycles. The van der Waals surface area contributed by atoms with Crippen LogP contribution in [-0.4, -0.2) is 25.9 Å². The van der Waals surface area contributed by atoms with Gasteiger partial charge in [0.25, 0.3) is 5.91 Å². The summed E-state index contributed by atoms with van der Waals surface area (Å²) in [5, 5.41) is 3.95. The molecule has 1 amide bonds. The number of benzene rings is 4. The lowest BCUT2D eigenvalue weighted by Crippen LogP contribution is -2.26. The van der Waals surface area contributed by atoms with Gasteiger partial charge in [-0.05, 0) is 78.4 Å². The minimum absolute atomic E-state index is 0.178. The van der Waals surface area contributed by atoms with Crippen molar-refractivity contribution in [3.8, 4) is 11.3 Å². The number of hydrogen-bond donors (Lipinski definition) is 3.